The summed E-state index contributed by atoms with van der Waals surface area (Å²) >= 11 is 0. The predicted molar refractivity (Wildman–Crippen MR) is 186 cm³/mol. The van der Waals surface area contributed by atoms with Crippen molar-refractivity contribution in [3.05, 3.63) is 125 Å². The van der Waals surface area contributed by atoms with Gasteiger partial charge in [-0.2, -0.15) is 0 Å². The van der Waals surface area contributed by atoms with Crippen LogP contribution in [0.15, 0.2) is 102 Å². The molecule has 5 aromatic rings. The molecule has 46 heavy (non-hydrogen) atoms. The Kier molecular flexibility index (Phi) is 10.3. The number of rotatable bonds is 9. The maximum Gasteiger partial charge on any atom is 0.253 e. The van der Waals surface area contributed by atoms with Crippen LogP contribution in [-0.2, 0) is 24.3 Å². The number of nitrogens with one attached hydrogen (secondary N) is 2. The van der Waals surface area contributed by atoms with Crippen molar-refractivity contribution < 1.29 is 14.7 Å². The topological polar surface area (TPSA) is 101 Å². The quantitative estimate of drug-likeness (QED) is 0.151. The predicted octanol–water partition coefficient (Wildman–Crippen LogP) is 7.31. The molecule has 8 nitrogen and oxygen atoms in total. The van der Waals surface area contributed by atoms with Gasteiger partial charge in [-0.3, -0.25) is 19.5 Å². The van der Waals surface area contributed by atoms with E-state index in [9.17, 15) is 14.7 Å². The summed E-state index contributed by atoms with van der Waals surface area (Å²) < 4.78 is 0. The number of para-hydroxylation sites is 1. The number of hydrogen-bond acceptors (Lipinski definition) is 5. The number of amides is 2. The third-order valence-electron chi connectivity index (χ3n) is 8.06. The van der Waals surface area contributed by atoms with Gasteiger partial charge in [0.2, 0.25) is 5.91 Å². The lowest BCUT2D eigenvalue weighted by molar-refractivity contribution is -0.115. The van der Waals surface area contributed by atoms with Crippen molar-refractivity contribution in [1.82, 2.24) is 14.8 Å². The zero-order valence-corrected chi connectivity index (χ0v) is 26.9. The fraction of sp³-hybridized carbons (Fsp3) is 0.237. The van der Waals surface area contributed by atoms with E-state index in [0.717, 1.165) is 52.2 Å². The molecular weight excluding hydrogens is 574 g/mol. The Balaban J connectivity index is 0.000000209. The van der Waals surface area contributed by atoms with Crippen LogP contribution in [0.3, 0.4) is 0 Å². The molecule has 0 saturated carbocycles. The highest BCUT2D eigenvalue weighted by Crippen LogP contribution is 2.29. The molecule has 8 heteroatoms. The summed E-state index contributed by atoms with van der Waals surface area (Å²) in [5.41, 5.74) is 8.28. The molecule has 0 aliphatic carbocycles. The number of hydrogen-bond donors (Lipinski definition) is 3. The van der Waals surface area contributed by atoms with Gasteiger partial charge >= 0.3 is 0 Å². The number of benzene rings is 4. The second kappa shape index (κ2) is 14.7. The summed E-state index contributed by atoms with van der Waals surface area (Å²) in [5, 5.41) is 14.0. The molecule has 0 atom stereocenters. The highest BCUT2D eigenvalue weighted by Gasteiger charge is 2.20. The average Bonchev–Trinajstić information content (AvgIpc) is 3.60. The highest BCUT2D eigenvalue weighted by atomic mass is 16.3. The smallest absolute Gasteiger partial charge is 0.253 e. The van der Waals surface area contributed by atoms with E-state index < -0.39 is 0 Å². The van der Waals surface area contributed by atoms with Gasteiger partial charge in [-0.25, -0.2) is 0 Å². The Labute approximate surface area is 270 Å². The second-order valence-electron chi connectivity index (χ2n) is 11.5. The summed E-state index contributed by atoms with van der Waals surface area (Å²) in [5.74, 6) is 0.177. The normalized spacial score (nSPS) is 12.5. The van der Waals surface area contributed by atoms with Crippen LogP contribution in [-0.4, -0.2) is 57.6 Å². The highest BCUT2D eigenvalue weighted by molar-refractivity contribution is 6.12. The number of nitrogens with zero attached hydrogens (tertiary/aromatic N) is 3. The van der Waals surface area contributed by atoms with Crippen LogP contribution < -0.4 is 5.32 Å². The van der Waals surface area contributed by atoms with E-state index in [-0.39, 0.29) is 17.7 Å². The van der Waals surface area contributed by atoms with Gasteiger partial charge in [-0.1, -0.05) is 60.7 Å². The fourth-order valence-corrected chi connectivity index (χ4v) is 5.74. The molecule has 0 radical (unpaired) electrons. The van der Waals surface area contributed by atoms with Crippen molar-refractivity contribution in [3.8, 4) is 5.88 Å². The van der Waals surface area contributed by atoms with Gasteiger partial charge in [0.1, 0.15) is 0 Å². The number of aromatic amines is 1. The van der Waals surface area contributed by atoms with Gasteiger partial charge in [0.15, 0.2) is 5.88 Å². The molecule has 0 unspecified atom stereocenters. The lowest BCUT2D eigenvalue weighted by Gasteiger charge is -2.18. The zero-order chi connectivity index (χ0) is 32.6. The van der Waals surface area contributed by atoms with Crippen molar-refractivity contribution in [2.75, 3.05) is 25.5 Å². The standard InChI is InChI=1S/C25H25N3O.C13H16N2O2/c1-18(24-22-10-6-7-11-23(22)27-25(24)29)26-21-14-12-20(13-15-21)17-28(2)16-19-8-4-3-5-9-19;1-3-15(4-2)13(17)9-5-6-11-10(7-9)8-12(16)14-11/h3-15,27,29H,16-17H2,1-2H3;5-7H,3-4,8H2,1-2H3,(H,14,16). The minimum Gasteiger partial charge on any atom is -0.494 e. The van der Waals surface area contributed by atoms with Crippen molar-refractivity contribution in [3.63, 3.8) is 0 Å². The number of aliphatic imine (C=N–C) groups is 1. The largest absolute Gasteiger partial charge is 0.494 e. The summed E-state index contributed by atoms with van der Waals surface area (Å²) in [6.07, 6.45) is 0.370. The van der Waals surface area contributed by atoms with Crippen LogP contribution in [0.2, 0.25) is 0 Å². The van der Waals surface area contributed by atoms with E-state index >= 15 is 0 Å². The Bertz CT molecular complexity index is 1840. The van der Waals surface area contributed by atoms with Gasteiger partial charge < -0.3 is 20.3 Å². The summed E-state index contributed by atoms with van der Waals surface area (Å²) in [6, 6.07) is 32.0. The van der Waals surface area contributed by atoms with E-state index in [4.69, 9.17) is 4.99 Å². The number of aromatic nitrogens is 1. The fourth-order valence-electron chi connectivity index (χ4n) is 5.74. The first-order valence-corrected chi connectivity index (χ1v) is 15.6. The van der Waals surface area contributed by atoms with Gasteiger partial charge in [0, 0.05) is 48.3 Å². The van der Waals surface area contributed by atoms with Gasteiger partial charge in [0.05, 0.1) is 23.4 Å². The summed E-state index contributed by atoms with van der Waals surface area (Å²) in [6.45, 7) is 9.03. The third-order valence-corrected chi connectivity index (χ3v) is 8.06. The molecule has 2 amide bonds. The molecule has 0 saturated heterocycles. The van der Waals surface area contributed by atoms with Crippen LogP contribution in [0.1, 0.15) is 53.4 Å². The number of carbonyl (C=O) groups is 2. The summed E-state index contributed by atoms with van der Waals surface area (Å²) in [4.78, 5) is 35.1. The molecule has 1 aliphatic rings. The van der Waals surface area contributed by atoms with Crippen LogP contribution in [0.25, 0.3) is 10.9 Å². The molecule has 1 aromatic heterocycles. The van der Waals surface area contributed by atoms with Crippen molar-refractivity contribution in [2.24, 2.45) is 4.99 Å². The monoisotopic (exact) mass is 615 g/mol. The molecule has 0 spiro atoms. The van der Waals surface area contributed by atoms with Crippen LogP contribution in [0, 0.1) is 0 Å². The molecule has 3 N–H and O–H groups in total. The lowest BCUT2D eigenvalue weighted by Crippen LogP contribution is -2.30. The first kappa shape index (κ1) is 32.2. The number of carbonyl (C=O) groups excluding carboxylic acids is 2. The third kappa shape index (κ3) is 7.71. The number of H-pyrrole nitrogens is 1. The molecule has 2 heterocycles. The lowest BCUT2D eigenvalue weighted by atomic mass is 10.1. The zero-order valence-electron chi connectivity index (χ0n) is 26.9. The van der Waals surface area contributed by atoms with Gasteiger partial charge in [0.25, 0.3) is 5.91 Å². The Morgan fingerprint density at radius 1 is 0.870 bits per heavy atom. The molecule has 0 fully saturated rings. The van der Waals surface area contributed by atoms with E-state index in [1.165, 1.54) is 11.1 Å². The van der Waals surface area contributed by atoms with Crippen LogP contribution >= 0.6 is 0 Å². The van der Waals surface area contributed by atoms with Crippen LogP contribution in [0.5, 0.6) is 5.88 Å². The van der Waals surface area contributed by atoms with Gasteiger partial charge in [-0.15, -0.1) is 0 Å². The maximum absolute atomic E-state index is 12.1. The minimum absolute atomic E-state index is 0.00700. The van der Waals surface area contributed by atoms with Gasteiger partial charge in [-0.05, 0) is 80.9 Å². The number of fused-ring (bicyclic) bond motifs is 2. The Morgan fingerprint density at radius 3 is 2.22 bits per heavy atom. The first-order chi connectivity index (χ1) is 22.2. The van der Waals surface area contributed by atoms with E-state index in [1.54, 1.807) is 17.0 Å². The second-order valence-corrected chi connectivity index (χ2v) is 11.5. The van der Waals surface area contributed by atoms with Crippen molar-refractivity contribution in [1.29, 1.82) is 0 Å². The van der Waals surface area contributed by atoms with E-state index in [0.29, 0.717) is 25.1 Å². The SMILES string of the molecule is CC(=Nc1ccc(CN(C)Cc2ccccc2)cc1)c1c(O)[nH]c2ccccc12.CCN(CC)C(=O)c1ccc2c(c1)CC(=O)N2. The van der Waals surface area contributed by atoms with Crippen molar-refractivity contribution >= 4 is 39.8 Å². The van der Waals surface area contributed by atoms with E-state index in [2.05, 4.69) is 58.6 Å². The number of aromatic hydroxyl groups is 1. The Hall–Kier alpha value is -5.21. The average molecular weight is 616 g/mol. The number of anilines is 1. The molecule has 0 bridgehead atoms. The summed E-state index contributed by atoms with van der Waals surface area (Å²) in [7, 11) is 2.13. The van der Waals surface area contributed by atoms with Crippen molar-refractivity contribution in [2.45, 2.75) is 40.3 Å². The molecule has 4 aromatic carbocycles. The molecule has 1 aliphatic heterocycles. The Morgan fingerprint density at radius 2 is 1.52 bits per heavy atom. The molecule has 236 valence electrons. The first-order valence-electron chi connectivity index (χ1n) is 15.6. The molecular formula is C38H41N5O3. The van der Waals surface area contributed by atoms with E-state index in [1.807, 2.05) is 69.3 Å². The van der Waals surface area contributed by atoms with Crippen LogP contribution in [0.4, 0.5) is 11.4 Å². The minimum atomic E-state index is -0.00700. The molecule has 6 rings (SSSR count). The maximum atomic E-state index is 12.1.